The van der Waals surface area contributed by atoms with Crippen LogP contribution in [-0.2, 0) is 20.6 Å². The number of halogens is 2. The Morgan fingerprint density at radius 2 is 1.24 bits per heavy atom. The predicted octanol–water partition coefficient (Wildman–Crippen LogP) is 7.03. The normalized spacial score (nSPS) is 13.0. The second-order valence-corrected chi connectivity index (χ2v) is 7.47. The lowest BCUT2D eigenvalue weighted by molar-refractivity contribution is -0.403. The van der Waals surface area contributed by atoms with Crippen molar-refractivity contribution < 1.29 is 23.0 Å². The topological polar surface area (TPSA) is 27.7 Å². The summed E-state index contributed by atoms with van der Waals surface area (Å²) in [5.41, 5.74) is 0.647. The molecule has 0 heterocycles. The van der Waals surface area contributed by atoms with Crippen LogP contribution in [-0.4, -0.2) is 25.8 Å². The van der Waals surface area contributed by atoms with Crippen LogP contribution >= 0.6 is 0 Å². The molecule has 0 bridgehead atoms. The Morgan fingerprint density at radius 1 is 0.724 bits per heavy atom. The zero-order valence-electron chi connectivity index (χ0n) is 18.8. The van der Waals surface area contributed by atoms with E-state index in [-0.39, 0.29) is 5.92 Å². The largest absolute Gasteiger partial charge is 0.328 e. The number of hydrogen-bond acceptors (Lipinski definition) is 3. The van der Waals surface area contributed by atoms with E-state index in [1.165, 1.54) is 37.8 Å². The van der Waals surface area contributed by atoms with Gasteiger partial charge in [-0.25, -0.2) is 8.78 Å². The summed E-state index contributed by atoms with van der Waals surface area (Å²) in [6, 6.07) is 3.70. The maximum atomic E-state index is 13.6. The van der Waals surface area contributed by atoms with Crippen molar-refractivity contribution in [1.82, 2.24) is 0 Å². The Balaban J connectivity index is 2.88. The van der Waals surface area contributed by atoms with Crippen LogP contribution in [0.2, 0.25) is 0 Å². The number of hydrogen-bond donors (Lipinski definition) is 0. The van der Waals surface area contributed by atoms with Gasteiger partial charge in [-0.1, -0.05) is 45.4 Å². The number of unbranched alkanes of at least 4 members (excludes halogenated alkanes) is 5. The molecular weight excluding hydrogens is 374 g/mol. The molecule has 1 aromatic rings. The van der Waals surface area contributed by atoms with E-state index in [4.69, 9.17) is 14.2 Å². The maximum Gasteiger partial charge on any atom is 0.285 e. The molecule has 1 unspecified atom stereocenters. The fraction of sp³-hybridized carbons (Fsp3) is 0.750. The lowest BCUT2D eigenvalue weighted by Gasteiger charge is -2.39. The van der Waals surface area contributed by atoms with Crippen LogP contribution in [0.4, 0.5) is 8.78 Å². The SMILES string of the molecule is CCCCCCCCC(CCc1cc(F)cc(F)c1)C(OCC)(OCC)OCC. The van der Waals surface area contributed by atoms with Crippen LogP contribution < -0.4 is 0 Å². The van der Waals surface area contributed by atoms with Crippen molar-refractivity contribution in [2.45, 2.75) is 91.5 Å². The second-order valence-electron chi connectivity index (χ2n) is 7.47. The second kappa shape index (κ2) is 14.9. The number of rotatable bonds is 17. The highest BCUT2D eigenvalue weighted by Gasteiger charge is 2.41. The first-order valence-electron chi connectivity index (χ1n) is 11.4. The molecule has 0 aromatic heterocycles. The van der Waals surface area contributed by atoms with Crippen molar-refractivity contribution in [1.29, 1.82) is 0 Å². The van der Waals surface area contributed by atoms with Gasteiger partial charge < -0.3 is 14.2 Å². The van der Waals surface area contributed by atoms with E-state index in [1.807, 2.05) is 20.8 Å². The molecule has 0 amide bonds. The average Bonchev–Trinajstić information content (AvgIpc) is 2.66. The maximum absolute atomic E-state index is 13.6. The van der Waals surface area contributed by atoms with E-state index in [9.17, 15) is 8.78 Å². The number of benzene rings is 1. The molecule has 0 aliphatic rings. The number of aryl methyl sites for hydroxylation is 1. The van der Waals surface area contributed by atoms with E-state index >= 15 is 0 Å². The van der Waals surface area contributed by atoms with Gasteiger partial charge in [-0.3, -0.25) is 0 Å². The van der Waals surface area contributed by atoms with Gasteiger partial charge >= 0.3 is 0 Å². The van der Waals surface area contributed by atoms with Crippen LogP contribution in [0.3, 0.4) is 0 Å². The highest BCUT2D eigenvalue weighted by atomic mass is 19.1. The third kappa shape index (κ3) is 9.54. The standard InChI is InChI=1S/C24H40F2O3/c1-5-9-10-11-12-13-14-21(24(27-6-2,28-7-3)29-8-4)16-15-20-17-22(25)19-23(26)18-20/h17-19,21H,5-16H2,1-4H3. The molecule has 3 nitrogen and oxygen atoms in total. The summed E-state index contributed by atoms with van der Waals surface area (Å²) in [4.78, 5) is 0. The molecule has 0 saturated carbocycles. The molecule has 0 aliphatic carbocycles. The van der Waals surface area contributed by atoms with Crippen LogP contribution in [0.1, 0.15) is 84.6 Å². The monoisotopic (exact) mass is 414 g/mol. The first-order valence-corrected chi connectivity index (χ1v) is 11.4. The quantitative estimate of drug-likeness (QED) is 0.202. The van der Waals surface area contributed by atoms with Gasteiger partial charge in [0.25, 0.3) is 5.97 Å². The van der Waals surface area contributed by atoms with Gasteiger partial charge in [0.15, 0.2) is 0 Å². The summed E-state index contributed by atoms with van der Waals surface area (Å²) in [6.45, 7) is 9.42. The third-order valence-corrected chi connectivity index (χ3v) is 5.15. The van der Waals surface area contributed by atoms with Gasteiger partial charge in [-0.15, -0.1) is 0 Å². The van der Waals surface area contributed by atoms with Crippen LogP contribution in [0.25, 0.3) is 0 Å². The summed E-state index contributed by atoms with van der Waals surface area (Å²) in [5.74, 6) is -2.20. The lowest BCUT2D eigenvalue weighted by Crippen LogP contribution is -2.47. The fourth-order valence-corrected chi connectivity index (χ4v) is 3.85. The molecule has 1 rings (SSSR count). The fourth-order valence-electron chi connectivity index (χ4n) is 3.85. The van der Waals surface area contributed by atoms with Crippen molar-refractivity contribution in [2.24, 2.45) is 5.92 Å². The summed E-state index contributed by atoms with van der Waals surface area (Å²) in [6.07, 6.45) is 9.32. The van der Waals surface area contributed by atoms with Gasteiger partial charge in [0.1, 0.15) is 11.6 Å². The molecule has 0 N–H and O–H groups in total. The van der Waals surface area contributed by atoms with Gasteiger partial charge in [-0.2, -0.15) is 0 Å². The van der Waals surface area contributed by atoms with Gasteiger partial charge in [0.2, 0.25) is 0 Å². The van der Waals surface area contributed by atoms with Crippen LogP contribution in [0.15, 0.2) is 18.2 Å². The van der Waals surface area contributed by atoms with Crippen molar-refractivity contribution in [2.75, 3.05) is 19.8 Å². The molecule has 168 valence electrons. The molecule has 1 atom stereocenters. The molecule has 0 saturated heterocycles. The minimum Gasteiger partial charge on any atom is -0.328 e. The number of ether oxygens (including phenoxy) is 3. The Bertz CT molecular complexity index is 514. The zero-order chi connectivity index (χ0) is 21.5. The van der Waals surface area contributed by atoms with E-state index < -0.39 is 17.6 Å². The van der Waals surface area contributed by atoms with E-state index in [1.54, 1.807) is 0 Å². The first kappa shape index (κ1) is 26.0. The van der Waals surface area contributed by atoms with E-state index in [0.717, 1.165) is 25.3 Å². The first-order chi connectivity index (χ1) is 14.0. The van der Waals surface area contributed by atoms with E-state index in [2.05, 4.69) is 6.92 Å². The highest BCUT2D eigenvalue weighted by molar-refractivity contribution is 5.18. The average molecular weight is 415 g/mol. The Kier molecular flexibility index (Phi) is 13.3. The minimum absolute atomic E-state index is 0.0140. The summed E-state index contributed by atoms with van der Waals surface area (Å²) in [7, 11) is 0. The summed E-state index contributed by atoms with van der Waals surface area (Å²) < 4.78 is 45.2. The molecule has 1 aromatic carbocycles. The Morgan fingerprint density at radius 3 is 1.76 bits per heavy atom. The Labute approximate surface area is 176 Å². The third-order valence-electron chi connectivity index (χ3n) is 5.15. The molecule has 29 heavy (non-hydrogen) atoms. The Hall–Kier alpha value is -1.04. The molecule has 0 aliphatic heterocycles. The van der Waals surface area contributed by atoms with Crippen molar-refractivity contribution in [3.8, 4) is 0 Å². The molecule has 5 heteroatoms. The van der Waals surface area contributed by atoms with Crippen molar-refractivity contribution in [3.63, 3.8) is 0 Å². The van der Waals surface area contributed by atoms with Gasteiger partial charge in [0.05, 0.1) is 0 Å². The smallest absolute Gasteiger partial charge is 0.285 e. The zero-order valence-corrected chi connectivity index (χ0v) is 18.8. The molecule has 0 fully saturated rings. The van der Waals surface area contributed by atoms with Gasteiger partial charge in [-0.05, 0) is 57.7 Å². The minimum atomic E-state index is -1.10. The van der Waals surface area contributed by atoms with Crippen LogP contribution in [0.5, 0.6) is 0 Å². The summed E-state index contributed by atoms with van der Waals surface area (Å²) >= 11 is 0. The molecule has 0 spiro atoms. The summed E-state index contributed by atoms with van der Waals surface area (Å²) in [5, 5.41) is 0. The predicted molar refractivity (Wildman–Crippen MR) is 114 cm³/mol. The van der Waals surface area contributed by atoms with Crippen molar-refractivity contribution >= 4 is 0 Å². The van der Waals surface area contributed by atoms with E-state index in [0.29, 0.717) is 38.2 Å². The van der Waals surface area contributed by atoms with Crippen molar-refractivity contribution in [3.05, 3.63) is 35.4 Å². The highest BCUT2D eigenvalue weighted by Crippen LogP contribution is 2.34. The van der Waals surface area contributed by atoms with Crippen LogP contribution in [0, 0.1) is 17.6 Å². The molecular formula is C24H40F2O3. The molecule has 0 radical (unpaired) electrons. The van der Waals surface area contributed by atoms with Gasteiger partial charge in [0, 0.05) is 31.8 Å². The lowest BCUT2D eigenvalue weighted by atomic mass is 9.91.